The van der Waals surface area contributed by atoms with Crippen molar-refractivity contribution in [1.29, 1.82) is 0 Å². The van der Waals surface area contributed by atoms with E-state index in [4.69, 9.17) is 0 Å². The molecule has 0 aliphatic heterocycles. The van der Waals surface area contributed by atoms with Gasteiger partial charge in [-0.15, -0.1) is 0 Å². The largest absolute Gasteiger partial charge is 0.294 e. The van der Waals surface area contributed by atoms with E-state index in [2.05, 4.69) is 22.0 Å². The predicted octanol–water partition coefficient (Wildman–Crippen LogP) is 4.38. The molecule has 0 bridgehead atoms. The fraction of sp³-hybridized carbons (Fsp3) is 0.308. The standard InChI is InChI=1S/C13H15BrO/c1-10(2)4-3-5-13(15)11-6-8-12(14)9-7-11/h4,6-9H,3,5H2,1-2H3. The number of allylic oxidation sites excluding steroid dienone is 2. The third kappa shape index (κ3) is 4.43. The molecule has 2 heteroatoms. The van der Waals surface area contributed by atoms with Gasteiger partial charge in [-0.05, 0) is 32.4 Å². The van der Waals surface area contributed by atoms with Crippen LogP contribution in [0.4, 0.5) is 0 Å². The van der Waals surface area contributed by atoms with Crippen molar-refractivity contribution in [2.45, 2.75) is 26.7 Å². The molecule has 0 heterocycles. The van der Waals surface area contributed by atoms with Gasteiger partial charge in [0.25, 0.3) is 0 Å². The van der Waals surface area contributed by atoms with Gasteiger partial charge in [0.2, 0.25) is 0 Å². The lowest BCUT2D eigenvalue weighted by molar-refractivity contribution is 0.0983. The first-order chi connectivity index (χ1) is 7.09. The summed E-state index contributed by atoms with van der Waals surface area (Å²) in [5.74, 6) is 0.208. The maximum atomic E-state index is 11.7. The molecule has 0 unspecified atom stereocenters. The van der Waals surface area contributed by atoms with E-state index in [-0.39, 0.29) is 5.78 Å². The summed E-state index contributed by atoms with van der Waals surface area (Å²) in [6.45, 7) is 4.09. The van der Waals surface area contributed by atoms with Crippen molar-refractivity contribution in [3.8, 4) is 0 Å². The van der Waals surface area contributed by atoms with E-state index in [0.717, 1.165) is 16.5 Å². The van der Waals surface area contributed by atoms with E-state index in [1.807, 2.05) is 38.1 Å². The van der Waals surface area contributed by atoms with Crippen LogP contribution in [0.25, 0.3) is 0 Å². The summed E-state index contributed by atoms with van der Waals surface area (Å²) in [6.07, 6.45) is 3.51. The van der Waals surface area contributed by atoms with Gasteiger partial charge in [-0.3, -0.25) is 4.79 Å². The maximum absolute atomic E-state index is 11.7. The van der Waals surface area contributed by atoms with Gasteiger partial charge in [-0.2, -0.15) is 0 Å². The van der Waals surface area contributed by atoms with Crippen molar-refractivity contribution < 1.29 is 4.79 Å². The molecule has 15 heavy (non-hydrogen) atoms. The van der Waals surface area contributed by atoms with Crippen molar-refractivity contribution in [1.82, 2.24) is 0 Å². The molecule has 1 aromatic carbocycles. The fourth-order valence-corrected chi connectivity index (χ4v) is 1.54. The van der Waals surface area contributed by atoms with Crippen LogP contribution in [0, 0.1) is 0 Å². The summed E-state index contributed by atoms with van der Waals surface area (Å²) < 4.78 is 1.00. The predicted molar refractivity (Wildman–Crippen MR) is 67.1 cm³/mol. The number of Topliss-reactive ketones (excluding diaryl/α,β-unsaturated/α-hetero) is 1. The molecule has 80 valence electrons. The monoisotopic (exact) mass is 266 g/mol. The van der Waals surface area contributed by atoms with Gasteiger partial charge in [0.15, 0.2) is 5.78 Å². The lowest BCUT2D eigenvalue weighted by Gasteiger charge is -1.99. The Morgan fingerprint density at radius 1 is 1.27 bits per heavy atom. The zero-order chi connectivity index (χ0) is 11.3. The lowest BCUT2D eigenvalue weighted by Crippen LogP contribution is -1.97. The van der Waals surface area contributed by atoms with Crippen LogP contribution in [-0.4, -0.2) is 5.78 Å². The average Bonchev–Trinajstić information content (AvgIpc) is 2.18. The van der Waals surface area contributed by atoms with Crippen LogP contribution in [0.1, 0.15) is 37.0 Å². The van der Waals surface area contributed by atoms with Gasteiger partial charge in [0.05, 0.1) is 0 Å². The van der Waals surface area contributed by atoms with E-state index < -0.39 is 0 Å². The van der Waals surface area contributed by atoms with Crippen LogP contribution in [-0.2, 0) is 0 Å². The fourth-order valence-electron chi connectivity index (χ4n) is 1.27. The minimum Gasteiger partial charge on any atom is -0.294 e. The van der Waals surface area contributed by atoms with E-state index in [0.29, 0.717) is 6.42 Å². The second kappa shape index (κ2) is 5.86. The van der Waals surface area contributed by atoms with Crippen LogP contribution in [0.3, 0.4) is 0 Å². The van der Waals surface area contributed by atoms with Crippen LogP contribution >= 0.6 is 15.9 Å². The highest BCUT2D eigenvalue weighted by Gasteiger charge is 2.03. The molecule has 0 aliphatic rings. The molecule has 0 saturated carbocycles. The summed E-state index contributed by atoms with van der Waals surface area (Å²) in [6, 6.07) is 7.51. The van der Waals surface area contributed by atoms with E-state index in [1.165, 1.54) is 5.57 Å². The SMILES string of the molecule is CC(C)=CCCC(=O)c1ccc(Br)cc1. The normalized spacial score (nSPS) is 9.80. The third-order valence-corrected chi connectivity index (χ3v) is 2.62. The highest BCUT2D eigenvalue weighted by atomic mass is 79.9. The minimum absolute atomic E-state index is 0.208. The number of hydrogen-bond acceptors (Lipinski definition) is 1. The lowest BCUT2D eigenvalue weighted by atomic mass is 10.1. The number of rotatable bonds is 4. The molecular formula is C13H15BrO. The minimum atomic E-state index is 0.208. The Bertz CT molecular complexity index is 359. The van der Waals surface area contributed by atoms with E-state index >= 15 is 0 Å². The molecular weight excluding hydrogens is 252 g/mol. The quantitative estimate of drug-likeness (QED) is 0.584. The highest BCUT2D eigenvalue weighted by molar-refractivity contribution is 9.10. The van der Waals surface area contributed by atoms with Gasteiger partial charge < -0.3 is 0 Å². The zero-order valence-corrected chi connectivity index (χ0v) is 10.7. The Kier molecular flexibility index (Phi) is 4.76. The Morgan fingerprint density at radius 2 is 1.87 bits per heavy atom. The van der Waals surface area contributed by atoms with Crippen molar-refractivity contribution in [2.24, 2.45) is 0 Å². The Hall–Kier alpha value is -0.890. The number of halogens is 1. The van der Waals surface area contributed by atoms with Gasteiger partial charge >= 0.3 is 0 Å². The molecule has 0 spiro atoms. The summed E-state index contributed by atoms with van der Waals surface area (Å²) in [7, 11) is 0. The number of carbonyl (C=O) groups is 1. The number of ketones is 1. The first-order valence-electron chi connectivity index (χ1n) is 5.01. The summed E-state index contributed by atoms with van der Waals surface area (Å²) in [5.41, 5.74) is 2.05. The molecule has 0 saturated heterocycles. The summed E-state index contributed by atoms with van der Waals surface area (Å²) in [4.78, 5) is 11.7. The zero-order valence-electron chi connectivity index (χ0n) is 9.09. The molecule has 0 amide bonds. The molecule has 1 aromatic rings. The highest BCUT2D eigenvalue weighted by Crippen LogP contribution is 2.12. The maximum Gasteiger partial charge on any atom is 0.163 e. The van der Waals surface area contributed by atoms with Gasteiger partial charge in [-0.25, -0.2) is 0 Å². The van der Waals surface area contributed by atoms with E-state index in [1.54, 1.807) is 0 Å². The van der Waals surface area contributed by atoms with Crippen molar-refractivity contribution in [3.05, 3.63) is 46.0 Å². The molecule has 1 nitrogen and oxygen atoms in total. The molecule has 0 radical (unpaired) electrons. The molecule has 0 aromatic heterocycles. The molecule has 0 aliphatic carbocycles. The van der Waals surface area contributed by atoms with Crippen LogP contribution in [0.15, 0.2) is 40.4 Å². The van der Waals surface area contributed by atoms with Crippen LogP contribution in [0.5, 0.6) is 0 Å². The smallest absolute Gasteiger partial charge is 0.163 e. The van der Waals surface area contributed by atoms with E-state index in [9.17, 15) is 4.79 Å². The Morgan fingerprint density at radius 3 is 2.40 bits per heavy atom. The molecule has 0 N–H and O–H groups in total. The summed E-state index contributed by atoms with van der Waals surface area (Å²) in [5, 5.41) is 0. The molecule has 0 fully saturated rings. The molecule has 1 rings (SSSR count). The first kappa shape index (κ1) is 12.2. The van der Waals surface area contributed by atoms with Crippen molar-refractivity contribution in [3.63, 3.8) is 0 Å². The van der Waals surface area contributed by atoms with Gasteiger partial charge in [0, 0.05) is 16.5 Å². The number of carbonyl (C=O) groups excluding carboxylic acids is 1. The van der Waals surface area contributed by atoms with Crippen LogP contribution in [0.2, 0.25) is 0 Å². The topological polar surface area (TPSA) is 17.1 Å². The Labute approximate surface area is 99.3 Å². The molecule has 0 atom stereocenters. The Balaban J connectivity index is 2.54. The van der Waals surface area contributed by atoms with Crippen molar-refractivity contribution >= 4 is 21.7 Å². The van der Waals surface area contributed by atoms with Crippen molar-refractivity contribution in [2.75, 3.05) is 0 Å². The third-order valence-electron chi connectivity index (χ3n) is 2.09. The number of benzene rings is 1. The van der Waals surface area contributed by atoms with Gasteiger partial charge in [-0.1, -0.05) is 39.7 Å². The number of hydrogen-bond donors (Lipinski definition) is 0. The first-order valence-corrected chi connectivity index (χ1v) is 5.81. The summed E-state index contributed by atoms with van der Waals surface area (Å²) >= 11 is 3.35. The average molecular weight is 267 g/mol. The second-order valence-corrected chi connectivity index (χ2v) is 4.67. The van der Waals surface area contributed by atoms with Gasteiger partial charge in [0.1, 0.15) is 0 Å². The van der Waals surface area contributed by atoms with Crippen LogP contribution < -0.4 is 0 Å². The second-order valence-electron chi connectivity index (χ2n) is 3.75.